The predicted molar refractivity (Wildman–Crippen MR) is 22.5 cm³/mol. The van der Waals surface area contributed by atoms with Gasteiger partial charge in [-0.15, -0.1) is 0 Å². The second-order valence-electron chi connectivity index (χ2n) is 0.610. The van der Waals surface area contributed by atoms with Gasteiger partial charge in [0.15, 0.2) is 0 Å². The third kappa shape index (κ3) is 18.7. The first kappa shape index (κ1) is 23.8. The van der Waals surface area contributed by atoms with Gasteiger partial charge in [-0.1, -0.05) is 0 Å². The van der Waals surface area contributed by atoms with Gasteiger partial charge in [0.25, 0.3) is 0 Å². The Morgan fingerprint density at radius 2 is 1.00 bits per heavy atom. The Bertz CT molecular complexity index is 77.1. The number of hydrogen-bond acceptors (Lipinski definition) is 2. The summed E-state index contributed by atoms with van der Waals surface area (Å²) in [7, 11) is 0. The van der Waals surface area contributed by atoms with Crippen molar-refractivity contribution in [1.82, 2.24) is 0 Å². The maximum atomic E-state index is 9.10. The molecule has 0 aromatic heterocycles. The first-order valence-corrected chi connectivity index (χ1v) is 1.11. The van der Waals surface area contributed by atoms with Crippen LogP contribution in [0.4, 0.5) is 0 Å². The fourth-order valence-corrected chi connectivity index (χ4v) is 0. The molecule has 57 valence electrons. The van der Waals surface area contributed by atoms with Gasteiger partial charge in [-0.25, -0.2) is 9.59 Å². The largest absolute Gasteiger partial charge is 0.473 e. The van der Waals surface area contributed by atoms with E-state index >= 15 is 0 Å². The Hall–Kier alpha value is -0.621. The Morgan fingerprint density at radius 1 is 0.889 bits per heavy atom. The van der Waals surface area contributed by atoms with Gasteiger partial charge in [-0.3, -0.25) is 0 Å². The maximum Gasteiger partial charge on any atom is 0.414 e. The molecule has 0 aromatic carbocycles. The summed E-state index contributed by atoms with van der Waals surface area (Å²) in [4.78, 5) is 18.2. The van der Waals surface area contributed by atoms with Crippen molar-refractivity contribution < 1.29 is 47.8 Å². The quantitative estimate of drug-likeness (QED) is 0.315. The van der Waals surface area contributed by atoms with Crippen LogP contribution in [0.25, 0.3) is 0 Å². The summed E-state index contributed by atoms with van der Waals surface area (Å²) < 4.78 is 0. The summed E-state index contributed by atoms with van der Waals surface area (Å²) in [6, 6.07) is 0. The smallest absolute Gasteiger partial charge is 0.414 e. The van der Waals surface area contributed by atoms with Gasteiger partial charge >= 0.3 is 11.9 Å². The average molecular weight is 181 g/mol. The molecule has 0 saturated heterocycles. The molecule has 7 heteroatoms. The molecule has 9 heavy (non-hydrogen) atoms. The summed E-state index contributed by atoms with van der Waals surface area (Å²) >= 11 is 0. The summed E-state index contributed by atoms with van der Waals surface area (Å²) in [5.74, 6) is -3.65. The monoisotopic (exact) mass is 181 g/mol. The standard InChI is InChI=1S/C2H2O4.Mn.2H2O/c3-1(4)2(5)6;;;/h(H,3,4)(H,5,6);;2*1H2. The molecule has 1 radical (unpaired) electrons. The minimum absolute atomic E-state index is 0. The van der Waals surface area contributed by atoms with E-state index in [4.69, 9.17) is 19.8 Å². The Morgan fingerprint density at radius 3 is 1.00 bits per heavy atom. The predicted octanol–water partition coefficient (Wildman–Crippen LogP) is -2.50. The van der Waals surface area contributed by atoms with E-state index in [-0.39, 0.29) is 28.0 Å². The number of rotatable bonds is 0. The Kier molecular flexibility index (Phi) is 27.4. The molecule has 0 heterocycles. The van der Waals surface area contributed by atoms with Crippen LogP contribution in [-0.2, 0) is 26.7 Å². The van der Waals surface area contributed by atoms with Crippen LogP contribution in [0.1, 0.15) is 0 Å². The molecule has 0 saturated carbocycles. The summed E-state index contributed by atoms with van der Waals surface area (Å²) in [5.41, 5.74) is 0. The van der Waals surface area contributed by atoms with Crippen LogP contribution in [0.2, 0.25) is 0 Å². The van der Waals surface area contributed by atoms with Crippen LogP contribution in [0, 0.1) is 0 Å². The third-order valence-electron chi connectivity index (χ3n) is 0.183. The molecular weight excluding hydrogens is 175 g/mol. The molecule has 0 aliphatic carbocycles. The third-order valence-corrected chi connectivity index (χ3v) is 0.183. The molecule has 0 aliphatic heterocycles. The molecular formula is C2H6MnO6. The van der Waals surface area contributed by atoms with Crippen LogP contribution < -0.4 is 0 Å². The van der Waals surface area contributed by atoms with Crippen molar-refractivity contribution in [2.45, 2.75) is 0 Å². The number of carbonyl (C=O) groups is 2. The molecule has 0 aromatic rings. The zero-order chi connectivity index (χ0) is 5.15. The summed E-state index contributed by atoms with van der Waals surface area (Å²) in [5, 5.41) is 14.8. The van der Waals surface area contributed by atoms with Crippen LogP contribution in [0.5, 0.6) is 0 Å². The van der Waals surface area contributed by atoms with Crippen LogP contribution in [-0.4, -0.2) is 33.1 Å². The first-order valence-electron chi connectivity index (χ1n) is 1.11. The normalized spacial score (nSPS) is 4.89. The second-order valence-corrected chi connectivity index (χ2v) is 0.610. The van der Waals surface area contributed by atoms with E-state index in [0.29, 0.717) is 0 Å². The van der Waals surface area contributed by atoms with Gasteiger partial charge in [-0.2, -0.15) is 0 Å². The van der Waals surface area contributed by atoms with Gasteiger partial charge in [0.05, 0.1) is 0 Å². The minimum Gasteiger partial charge on any atom is -0.473 e. The Balaban J connectivity index is -0.0000000417. The van der Waals surface area contributed by atoms with Crippen LogP contribution in [0.3, 0.4) is 0 Å². The van der Waals surface area contributed by atoms with Gasteiger partial charge in [0.2, 0.25) is 0 Å². The zero-order valence-corrected chi connectivity index (χ0v) is 5.27. The van der Waals surface area contributed by atoms with E-state index < -0.39 is 11.9 Å². The first-order chi connectivity index (χ1) is 2.64. The van der Waals surface area contributed by atoms with Gasteiger partial charge in [-0.05, 0) is 0 Å². The van der Waals surface area contributed by atoms with Gasteiger partial charge < -0.3 is 21.2 Å². The Labute approximate surface area is 60.6 Å². The van der Waals surface area contributed by atoms with Crippen LogP contribution >= 0.6 is 0 Å². The van der Waals surface area contributed by atoms with Gasteiger partial charge in [0, 0.05) is 17.1 Å². The van der Waals surface area contributed by atoms with Crippen LogP contribution in [0.15, 0.2) is 0 Å². The van der Waals surface area contributed by atoms with Crippen molar-refractivity contribution >= 4 is 11.9 Å². The van der Waals surface area contributed by atoms with Crippen molar-refractivity contribution in [3.05, 3.63) is 0 Å². The summed E-state index contributed by atoms with van der Waals surface area (Å²) in [6.07, 6.45) is 0. The van der Waals surface area contributed by atoms with Crippen molar-refractivity contribution in [1.29, 1.82) is 0 Å². The number of carboxylic acids is 2. The second kappa shape index (κ2) is 10.4. The van der Waals surface area contributed by atoms with E-state index in [1.54, 1.807) is 0 Å². The molecule has 0 aliphatic rings. The fourth-order valence-electron chi connectivity index (χ4n) is 0. The molecule has 0 rings (SSSR count). The fraction of sp³-hybridized carbons (Fsp3) is 0. The molecule has 6 nitrogen and oxygen atoms in total. The zero-order valence-electron chi connectivity index (χ0n) is 4.09. The molecule has 0 bridgehead atoms. The van der Waals surface area contributed by atoms with Crippen molar-refractivity contribution in [2.75, 3.05) is 0 Å². The van der Waals surface area contributed by atoms with Crippen molar-refractivity contribution in [2.24, 2.45) is 0 Å². The van der Waals surface area contributed by atoms with E-state index in [2.05, 4.69) is 0 Å². The SMILES string of the molecule is O.O.O=C(O)C(=O)O.[Mn]. The van der Waals surface area contributed by atoms with E-state index in [1.165, 1.54) is 0 Å². The molecule has 0 amide bonds. The molecule has 0 fully saturated rings. The molecule has 0 atom stereocenters. The molecule has 6 N–H and O–H groups in total. The molecule has 0 spiro atoms. The van der Waals surface area contributed by atoms with E-state index in [9.17, 15) is 0 Å². The van der Waals surface area contributed by atoms with Gasteiger partial charge in [0.1, 0.15) is 0 Å². The van der Waals surface area contributed by atoms with Crippen molar-refractivity contribution in [3.63, 3.8) is 0 Å². The average Bonchev–Trinajstić information content (AvgIpc) is 1.36. The van der Waals surface area contributed by atoms with E-state index in [1.807, 2.05) is 0 Å². The molecule has 0 unspecified atom stereocenters. The number of aliphatic carboxylic acids is 2. The number of hydrogen-bond donors (Lipinski definition) is 2. The maximum absolute atomic E-state index is 9.10. The summed E-state index contributed by atoms with van der Waals surface area (Å²) in [6.45, 7) is 0. The van der Waals surface area contributed by atoms with E-state index in [0.717, 1.165) is 0 Å². The van der Waals surface area contributed by atoms with Crippen molar-refractivity contribution in [3.8, 4) is 0 Å². The number of carboxylic acid groups (broad SMARTS) is 2. The topological polar surface area (TPSA) is 138 Å². The minimum atomic E-state index is -1.82.